The van der Waals surface area contributed by atoms with Gasteiger partial charge in [0.2, 0.25) is 5.95 Å². The van der Waals surface area contributed by atoms with Crippen molar-refractivity contribution in [3.8, 4) is 5.75 Å². The summed E-state index contributed by atoms with van der Waals surface area (Å²) in [6.07, 6.45) is 3.55. The number of hydrogen-bond donors (Lipinski definition) is 1. The van der Waals surface area contributed by atoms with Crippen molar-refractivity contribution in [1.82, 2.24) is 9.97 Å². The monoisotopic (exact) mass is 374 g/mol. The average molecular weight is 374 g/mol. The molecule has 0 radical (unpaired) electrons. The highest BCUT2D eigenvalue weighted by Crippen LogP contribution is 2.28. The fourth-order valence-electron chi connectivity index (χ4n) is 3.35. The Kier molecular flexibility index (Phi) is 5.19. The molecule has 0 bridgehead atoms. The zero-order valence-electron chi connectivity index (χ0n) is 15.8. The van der Waals surface area contributed by atoms with Crippen LogP contribution in [0.3, 0.4) is 0 Å². The molecule has 28 heavy (non-hydrogen) atoms. The molecule has 2 heterocycles. The molecule has 1 aliphatic rings. The number of carbonyl (C=O) groups excluding carboxylic acids is 1. The van der Waals surface area contributed by atoms with Gasteiger partial charge in [-0.1, -0.05) is 18.2 Å². The second kappa shape index (κ2) is 8.08. The summed E-state index contributed by atoms with van der Waals surface area (Å²) in [6.45, 7) is 3.27. The molecule has 3 aromatic rings. The van der Waals surface area contributed by atoms with Crippen LogP contribution in [0.4, 0.5) is 17.3 Å². The predicted molar refractivity (Wildman–Crippen MR) is 109 cm³/mol. The number of nitrogens with zero attached hydrogens (tertiary/aromatic N) is 3. The fraction of sp³-hybridized carbons (Fsp3) is 0.227. The fourth-order valence-corrected chi connectivity index (χ4v) is 3.35. The maximum absolute atomic E-state index is 13.1. The van der Waals surface area contributed by atoms with E-state index in [0.717, 1.165) is 30.0 Å². The van der Waals surface area contributed by atoms with Gasteiger partial charge in [0, 0.05) is 24.1 Å². The van der Waals surface area contributed by atoms with Crippen LogP contribution in [0.2, 0.25) is 0 Å². The van der Waals surface area contributed by atoms with Gasteiger partial charge in [-0.25, -0.2) is 9.97 Å². The van der Waals surface area contributed by atoms with E-state index in [0.29, 0.717) is 24.8 Å². The normalized spacial score (nSPS) is 13.0. The first kappa shape index (κ1) is 18.0. The largest absolute Gasteiger partial charge is 0.494 e. The van der Waals surface area contributed by atoms with Crippen LogP contribution < -0.4 is 15.0 Å². The molecule has 6 heteroatoms. The SMILES string of the molecule is CCOc1ccc(Nc2nccc(C(=O)N3CCCc4ccccc43)n2)cc1. The molecule has 0 aliphatic carbocycles. The van der Waals surface area contributed by atoms with Crippen LogP contribution in [0.5, 0.6) is 5.75 Å². The lowest BCUT2D eigenvalue weighted by molar-refractivity contribution is 0.0980. The summed E-state index contributed by atoms with van der Waals surface area (Å²) in [5.74, 6) is 1.09. The lowest BCUT2D eigenvalue weighted by Crippen LogP contribution is -2.36. The summed E-state index contributed by atoms with van der Waals surface area (Å²) in [6, 6.07) is 17.2. The zero-order valence-corrected chi connectivity index (χ0v) is 15.8. The molecule has 1 aromatic heterocycles. The Labute approximate surface area is 164 Å². The van der Waals surface area contributed by atoms with Crippen LogP contribution in [0.15, 0.2) is 60.8 Å². The molecule has 2 aromatic carbocycles. The van der Waals surface area contributed by atoms with E-state index in [2.05, 4.69) is 21.4 Å². The summed E-state index contributed by atoms with van der Waals surface area (Å²) < 4.78 is 5.45. The molecule has 0 saturated carbocycles. The Morgan fingerprint density at radius 3 is 2.79 bits per heavy atom. The Bertz CT molecular complexity index is 972. The van der Waals surface area contributed by atoms with E-state index in [9.17, 15) is 4.79 Å². The molecule has 6 nitrogen and oxygen atoms in total. The number of nitrogens with one attached hydrogen (secondary N) is 1. The minimum Gasteiger partial charge on any atom is -0.494 e. The predicted octanol–water partition coefficient (Wildman–Crippen LogP) is 4.21. The lowest BCUT2D eigenvalue weighted by Gasteiger charge is -2.29. The van der Waals surface area contributed by atoms with Crippen LogP contribution >= 0.6 is 0 Å². The molecule has 0 unspecified atom stereocenters. The first-order valence-corrected chi connectivity index (χ1v) is 9.47. The Hall–Kier alpha value is -3.41. The Morgan fingerprint density at radius 2 is 1.96 bits per heavy atom. The van der Waals surface area contributed by atoms with Crippen LogP contribution in [0, 0.1) is 0 Å². The third kappa shape index (κ3) is 3.81. The smallest absolute Gasteiger partial charge is 0.277 e. The van der Waals surface area contributed by atoms with Gasteiger partial charge < -0.3 is 15.0 Å². The van der Waals surface area contributed by atoms with Crippen LogP contribution in [0.1, 0.15) is 29.4 Å². The van der Waals surface area contributed by atoms with Crippen LogP contribution in [0.25, 0.3) is 0 Å². The van der Waals surface area contributed by atoms with Gasteiger partial charge in [0.05, 0.1) is 6.61 Å². The molecule has 0 atom stereocenters. The molecule has 0 spiro atoms. The van der Waals surface area contributed by atoms with Crippen molar-refractivity contribution in [3.05, 3.63) is 72.1 Å². The standard InChI is InChI=1S/C22H22N4O2/c1-2-28-18-11-9-17(10-12-18)24-22-23-14-13-19(25-22)21(27)26-15-5-7-16-6-3-4-8-20(16)26/h3-4,6,8-14H,2,5,7,15H2,1H3,(H,23,24,25). The molecule has 1 amide bonds. The summed E-state index contributed by atoms with van der Waals surface area (Å²) in [7, 11) is 0. The first-order valence-electron chi connectivity index (χ1n) is 9.47. The van der Waals surface area contributed by atoms with Gasteiger partial charge in [0.15, 0.2) is 0 Å². The maximum Gasteiger partial charge on any atom is 0.277 e. The number of amides is 1. The van der Waals surface area contributed by atoms with Crippen molar-refractivity contribution in [2.75, 3.05) is 23.4 Å². The number of benzene rings is 2. The van der Waals surface area contributed by atoms with E-state index >= 15 is 0 Å². The quantitative estimate of drug-likeness (QED) is 0.724. The van der Waals surface area contributed by atoms with Gasteiger partial charge in [-0.05, 0) is 61.7 Å². The zero-order chi connectivity index (χ0) is 19.3. The van der Waals surface area contributed by atoms with Crippen molar-refractivity contribution < 1.29 is 9.53 Å². The summed E-state index contributed by atoms with van der Waals surface area (Å²) >= 11 is 0. The second-order valence-corrected chi connectivity index (χ2v) is 6.54. The minimum atomic E-state index is -0.107. The molecule has 4 rings (SSSR count). The van der Waals surface area contributed by atoms with E-state index in [1.165, 1.54) is 5.56 Å². The Balaban J connectivity index is 1.53. The summed E-state index contributed by atoms with van der Waals surface area (Å²) in [5, 5.41) is 3.14. The number of aromatic nitrogens is 2. The van der Waals surface area contributed by atoms with Crippen molar-refractivity contribution in [3.63, 3.8) is 0 Å². The maximum atomic E-state index is 13.1. The van der Waals surface area contributed by atoms with E-state index in [-0.39, 0.29) is 5.91 Å². The molecule has 0 fully saturated rings. The average Bonchev–Trinajstić information content (AvgIpc) is 2.75. The topological polar surface area (TPSA) is 67.3 Å². The third-order valence-electron chi connectivity index (χ3n) is 4.65. The van der Waals surface area contributed by atoms with Gasteiger partial charge in [0.25, 0.3) is 5.91 Å². The molecule has 0 saturated heterocycles. The van der Waals surface area contributed by atoms with Crippen LogP contribution in [-0.2, 0) is 6.42 Å². The number of anilines is 3. The number of carbonyl (C=O) groups is 1. The van der Waals surface area contributed by atoms with Gasteiger partial charge in [-0.3, -0.25) is 4.79 Å². The van der Waals surface area contributed by atoms with E-state index in [1.807, 2.05) is 54.3 Å². The number of fused-ring (bicyclic) bond motifs is 1. The number of aryl methyl sites for hydroxylation is 1. The van der Waals surface area contributed by atoms with E-state index in [4.69, 9.17) is 4.74 Å². The highest BCUT2D eigenvalue weighted by molar-refractivity contribution is 6.05. The Morgan fingerprint density at radius 1 is 1.14 bits per heavy atom. The summed E-state index contributed by atoms with van der Waals surface area (Å²) in [4.78, 5) is 23.6. The van der Waals surface area contributed by atoms with Crippen LogP contribution in [-0.4, -0.2) is 29.0 Å². The second-order valence-electron chi connectivity index (χ2n) is 6.54. The highest BCUT2D eigenvalue weighted by atomic mass is 16.5. The van der Waals surface area contributed by atoms with Crippen molar-refractivity contribution in [1.29, 1.82) is 0 Å². The first-order chi connectivity index (χ1) is 13.7. The van der Waals surface area contributed by atoms with E-state index < -0.39 is 0 Å². The van der Waals surface area contributed by atoms with Crippen molar-refractivity contribution in [2.45, 2.75) is 19.8 Å². The molecule has 1 aliphatic heterocycles. The van der Waals surface area contributed by atoms with Gasteiger partial charge in [0.1, 0.15) is 11.4 Å². The lowest BCUT2D eigenvalue weighted by atomic mass is 10.0. The molecule has 1 N–H and O–H groups in total. The van der Waals surface area contributed by atoms with Gasteiger partial charge >= 0.3 is 0 Å². The number of rotatable bonds is 5. The number of ether oxygens (including phenoxy) is 1. The van der Waals surface area contributed by atoms with Crippen molar-refractivity contribution in [2.24, 2.45) is 0 Å². The number of para-hydroxylation sites is 1. The minimum absolute atomic E-state index is 0.107. The van der Waals surface area contributed by atoms with Gasteiger partial charge in [-0.15, -0.1) is 0 Å². The number of hydrogen-bond acceptors (Lipinski definition) is 5. The van der Waals surface area contributed by atoms with Crippen molar-refractivity contribution >= 4 is 23.2 Å². The van der Waals surface area contributed by atoms with E-state index in [1.54, 1.807) is 12.3 Å². The molecular formula is C22H22N4O2. The summed E-state index contributed by atoms with van der Waals surface area (Å²) in [5.41, 5.74) is 3.37. The van der Waals surface area contributed by atoms with Gasteiger partial charge in [-0.2, -0.15) is 0 Å². The molecule has 142 valence electrons. The highest BCUT2D eigenvalue weighted by Gasteiger charge is 2.24. The third-order valence-corrected chi connectivity index (χ3v) is 4.65. The molecular weight excluding hydrogens is 352 g/mol.